The number of benzene rings is 1. The van der Waals surface area contributed by atoms with E-state index in [4.69, 9.17) is 22.1 Å². The number of nitrogens with two attached hydrogens (primary N) is 1. The Balaban J connectivity index is 1.62. The number of carbonyl (C=O) groups excluding carboxylic acids is 1. The van der Waals surface area contributed by atoms with Crippen LogP contribution in [0.2, 0.25) is 5.02 Å². The molecular formula is C29H31ClF5N7O2. The first-order chi connectivity index (χ1) is 20.8. The van der Waals surface area contributed by atoms with Crippen molar-refractivity contribution in [1.29, 1.82) is 0 Å². The summed E-state index contributed by atoms with van der Waals surface area (Å²) in [7, 11) is 1.98. The van der Waals surface area contributed by atoms with Gasteiger partial charge in [-0.2, -0.15) is 23.1 Å². The van der Waals surface area contributed by atoms with Crippen molar-refractivity contribution in [2.75, 3.05) is 57.1 Å². The molecule has 2 atom stereocenters. The van der Waals surface area contributed by atoms with Gasteiger partial charge in [-0.3, -0.25) is 4.79 Å². The first-order valence-corrected chi connectivity index (χ1v) is 14.3. The Hall–Kier alpha value is -3.78. The minimum atomic E-state index is -4.75. The third-order valence-corrected chi connectivity index (χ3v) is 8.36. The van der Waals surface area contributed by atoms with Crippen LogP contribution in [0.15, 0.2) is 30.6 Å². The minimum Gasteiger partial charge on any atom is -0.462 e. The second-order valence-electron chi connectivity index (χ2n) is 11.0. The van der Waals surface area contributed by atoms with Crippen LogP contribution >= 0.6 is 11.6 Å². The van der Waals surface area contributed by atoms with Crippen molar-refractivity contribution in [3.8, 4) is 17.3 Å². The lowest BCUT2D eigenvalue weighted by atomic mass is 9.99. The second kappa shape index (κ2) is 12.3. The summed E-state index contributed by atoms with van der Waals surface area (Å²) in [6.07, 6.45) is -2.84. The highest BCUT2D eigenvalue weighted by atomic mass is 35.5. The van der Waals surface area contributed by atoms with Gasteiger partial charge in [-0.15, -0.1) is 0 Å². The quantitative estimate of drug-likeness (QED) is 0.278. The number of aromatic nitrogens is 3. The Labute approximate surface area is 255 Å². The number of nitrogens with zero attached hydrogens (tertiary/aromatic N) is 6. The average Bonchev–Trinajstić information content (AvgIpc) is 3.37. The number of halogens is 6. The number of likely N-dealkylation sites (tertiary alicyclic amines) is 1. The highest BCUT2D eigenvalue weighted by molar-refractivity contribution is 6.34. The molecule has 0 bridgehead atoms. The van der Waals surface area contributed by atoms with Crippen LogP contribution in [0.5, 0.6) is 6.01 Å². The summed E-state index contributed by atoms with van der Waals surface area (Å²) in [5, 5.41) is 0.279. The van der Waals surface area contributed by atoms with Crippen LogP contribution in [0.1, 0.15) is 24.0 Å². The van der Waals surface area contributed by atoms with Crippen LogP contribution in [-0.2, 0) is 11.0 Å². The van der Waals surface area contributed by atoms with Gasteiger partial charge >= 0.3 is 12.2 Å². The maximum absolute atomic E-state index is 14.2. The molecule has 2 fully saturated rings. The fraction of sp³-hybridized carbons (Fsp3) is 0.448. The fourth-order valence-electron chi connectivity index (χ4n) is 5.81. The molecule has 2 saturated heterocycles. The van der Waals surface area contributed by atoms with Gasteiger partial charge < -0.3 is 25.2 Å². The summed E-state index contributed by atoms with van der Waals surface area (Å²) in [5.74, 6) is -2.03. The predicted octanol–water partition coefficient (Wildman–Crippen LogP) is 5.20. The Kier molecular flexibility index (Phi) is 8.85. The number of pyridine rings is 1. The number of hydrogen-bond acceptors (Lipinski definition) is 8. The number of rotatable bonds is 7. The van der Waals surface area contributed by atoms with Gasteiger partial charge in [0.1, 0.15) is 24.9 Å². The van der Waals surface area contributed by atoms with Crippen LogP contribution in [0.4, 0.5) is 33.6 Å². The normalized spacial score (nSPS) is 19.5. The molecule has 9 nitrogen and oxygen atoms in total. The molecule has 236 valence electrons. The van der Waals surface area contributed by atoms with E-state index in [9.17, 15) is 26.7 Å². The first-order valence-electron chi connectivity index (χ1n) is 13.9. The summed E-state index contributed by atoms with van der Waals surface area (Å²) >= 11 is 6.61. The first kappa shape index (κ1) is 31.6. The number of likely N-dealkylation sites (N-methyl/N-ethyl adjacent to an activating group) is 1. The van der Waals surface area contributed by atoms with Crippen LogP contribution in [-0.4, -0.2) is 89.3 Å². The molecule has 4 heterocycles. The summed E-state index contributed by atoms with van der Waals surface area (Å²) < 4.78 is 76.2. The number of aryl methyl sites for hydroxylation is 1. The smallest absolute Gasteiger partial charge is 0.418 e. The molecule has 44 heavy (non-hydrogen) atoms. The number of alkyl halides is 4. The number of piperazine rings is 1. The van der Waals surface area contributed by atoms with Crippen molar-refractivity contribution in [2.45, 2.75) is 38.0 Å². The zero-order valence-corrected chi connectivity index (χ0v) is 24.9. The molecular weight excluding hydrogens is 609 g/mol. The SMILES string of the molecule is C=C(F)C(=O)N1CCN(c2nc(OC[C@@H]3CCCN3C)nc3cc(-c4nc(N)cc(C)c4C(F)(F)F)c(Cl)cc23)CC1CF. The van der Waals surface area contributed by atoms with Gasteiger partial charge in [-0.1, -0.05) is 18.2 Å². The summed E-state index contributed by atoms with van der Waals surface area (Å²) in [4.78, 5) is 30.3. The molecule has 0 radical (unpaired) electrons. The van der Waals surface area contributed by atoms with Crippen molar-refractivity contribution < 1.29 is 31.5 Å². The number of amides is 1. The van der Waals surface area contributed by atoms with Crippen molar-refractivity contribution in [3.05, 3.63) is 46.8 Å². The average molecular weight is 640 g/mol. The van der Waals surface area contributed by atoms with Crippen molar-refractivity contribution in [3.63, 3.8) is 0 Å². The lowest BCUT2D eigenvalue weighted by Gasteiger charge is -2.40. The number of carbonyl (C=O) groups is 1. The monoisotopic (exact) mass is 639 g/mol. The molecule has 0 aliphatic carbocycles. The largest absolute Gasteiger partial charge is 0.462 e. The van der Waals surface area contributed by atoms with E-state index < -0.39 is 41.9 Å². The molecule has 3 aromatic rings. The minimum absolute atomic E-state index is 0.0296. The molecule has 2 aromatic heterocycles. The van der Waals surface area contributed by atoms with E-state index in [1.807, 2.05) is 7.05 Å². The third kappa shape index (κ3) is 6.23. The fourth-order valence-corrected chi connectivity index (χ4v) is 6.07. The van der Waals surface area contributed by atoms with E-state index >= 15 is 0 Å². The molecule has 2 aliphatic heterocycles. The van der Waals surface area contributed by atoms with Gasteiger partial charge in [0.2, 0.25) is 0 Å². The van der Waals surface area contributed by atoms with Gasteiger partial charge in [0.05, 0.1) is 27.8 Å². The maximum atomic E-state index is 14.2. The molecule has 1 amide bonds. The topological polar surface area (TPSA) is 101 Å². The lowest BCUT2D eigenvalue weighted by Crippen LogP contribution is -2.56. The van der Waals surface area contributed by atoms with Crippen LogP contribution in [0, 0.1) is 6.92 Å². The Morgan fingerprint density at radius 1 is 1.16 bits per heavy atom. The van der Waals surface area contributed by atoms with Crippen LogP contribution in [0.25, 0.3) is 22.2 Å². The van der Waals surface area contributed by atoms with Crippen molar-refractivity contribution in [2.24, 2.45) is 0 Å². The summed E-state index contributed by atoms with van der Waals surface area (Å²) in [6, 6.07) is 2.99. The zero-order valence-electron chi connectivity index (χ0n) is 24.1. The highest BCUT2D eigenvalue weighted by Crippen LogP contribution is 2.43. The third-order valence-electron chi connectivity index (χ3n) is 8.05. The molecule has 2 aliphatic rings. The Bertz CT molecular complexity index is 1600. The molecule has 15 heteroatoms. The van der Waals surface area contributed by atoms with Gasteiger partial charge in [0.25, 0.3) is 5.91 Å². The van der Waals surface area contributed by atoms with Crippen LogP contribution < -0.4 is 15.4 Å². The zero-order chi connectivity index (χ0) is 31.9. The van der Waals surface area contributed by atoms with Gasteiger partial charge in [-0.25, -0.2) is 13.8 Å². The van der Waals surface area contributed by atoms with Crippen LogP contribution in [0.3, 0.4) is 0 Å². The number of hydrogen-bond donors (Lipinski definition) is 1. The highest BCUT2D eigenvalue weighted by Gasteiger charge is 2.38. The van der Waals surface area contributed by atoms with E-state index in [0.29, 0.717) is 5.39 Å². The molecule has 1 unspecified atom stereocenters. The molecule has 5 rings (SSSR count). The molecule has 0 saturated carbocycles. The Morgan fingerprint density at radius 2 is 1.91 bits per heavy atom. The summed E-state index contributed by atoms with van der Waals surface area (Å²) in [6.45, 7) is 4.59. The molecule has 2 N–H and O–H groups in total. The van der Waals surface area contributed by atoms with E-state index in [-0.39, 0.29) is 71.6 Å². The number of anilines is 2. The van der Waals surface area contributed by atoms with E-state index in [1.165, 1.54) is 19.1 Å². The standard InChI is InChI=1S/C29H31ClF5N7O2/c1-15-9-23(36)38-25(24(15)29(33,34)35)19-11-22-20(10-21(19)30)26(39-28(37-22)44-14-17-5-4-6-40(17)3)41-7-8-42(18(12-31)13-41)27(43)16(2)32/h9-11,17-18H,2,4-8,12-14H2,1,3H3,(H2,36,38)/t17-,18?/m0/s1. The van der Waals surface area contributed by atoms with Gasteiger partial charge in [0.15, 0.2) is 5.83 Å². The summed E-state index contributed by atoms with van der Waals surface area (Å²) in [5.41, 5.74) is 4.44. The van der Waals surface area contributed by atoms with Gasteiger partial charge in [0, 0.05) is 36.6 Å². The number of ether oxygens (including phenoxy) is 1. The number of nitrogen functional groups attached to an aromatic ring is 1. The predicted molar refractivity (Wildman–Crippen MR) is 157 cm³/mol. The molecule has 0 spiro atoms. The maximum Gasteiger partial charge on any atom is 0.418 e. The lowest BCUT2D eigenvalue weighted by molar-refractivity contribution is -0.137. The van der Waals surface area contributed by atoms with E-state index in [0.717, 1.165) is 30.4 Å². The number of fused-ring (bicyclic) bond motifs is 1. The van der Waals surface area contributed by atoms with Gasteiger partial charge in [-0.05, 0) is 57.1 Å². The van der Waals surface area contributed by atoms with E-state index in [1.54, 1.807) is 4.90 Å². The van der Waals surface area contributed by atoms with Crippen molar-refractivity contribution >= 4 is 40.0 Å². The molecule has 1 aromatic carbocycles. The van der Waals surface area contributed by atoms with E-state index in [2.05, 4.69) is 26.4 Å². The Morgan fingerprint density at radius 3 is 2.55 bits per heavy atom. The second-order valence-corrected chi connectivity index (χ2v) is 11.4. The van der Waals surface area contributed by atoms with Crippen molar-refractivity contribution in [1.82, 2.24) is 24.8 Å².